The number of nitrogens with one attached hydrogen (secondary N) is 3. The predicted molar refractivity (Wildman–Crippen MR) is 91.4 cm³/mol. The molecule has 1 aromatic rings. The number of piperidine rings is 1. The molecule has 1 atom stereocenters. The third-order valence-corrected chi connectivity index (χ3v) is 4.45. The molecule has 3 amide bonds. The summed E-state index contributed by atoms with van der Waals surface area (Å²) >= 11 is 0. The van der Waals surface area contributed by atoms with Crippen molar-refractivity contribution in [3.8, 4) is 0 Å². The Bertz CT molecular complexity index is 510. The molecule has 2 rings (SSSR count). The summed E-state index contributed by atoms with van der Waals surface area (Å²) in [4.78, 5) is 25.8. The second-order valence-electron chi connectivity index (χ2n) is 6.49. The van der Waals surface area contributed by atoms with Crippen molar-refractivity contribution in [3.63, 3.8) is 0 Å². The molecule has 0 spiro atoms. The molecule has 1 aromatic heterocycles. The third-order valence-electron chi connectivity index (χ3n) is 4.45. The summed E-state index contributed by atoms with van der Waals surface area (Å²) in [5, 5.41) is 8.07. The van der Waals surface area contributed by atoms with Crippen LogP contribution < -0.4 is 16.0 Å². The van der Waals surface area contributed by atoms with Crippen LogP contribution in [0, 0.1) is 5.92 Å². The van der Waals surface area contributed by atoms with E-state index in [1.165, 1.54) is 12.8 Å². The van der Waals surface area contributed by atoms with E-state index in [4.69, 9.17) is 4.42 Å². The first-order chi connectivity index (χ1) is 11.5. The number of furan rings is 1. The van der Waals surface area contributed by atoms with Crippen molar-refractivity contribution in [2.24, 2.45) is 5.92 Å². The maximum Gasteiger partial charge on any atom is 0.315 e. The number of rotatable bonds is 7. The van der Waals surface area contributed by atoms with Gasteiger partial charge in [0.2, 0.25) is 5.91 Å². The minimum Gasteiger partial charge on any atom is -0.467 e. The second-order valence-corrected chi connectivity index (χ2v) is 6.49. The van der Waals surface area contributed by atoms with E-state index in [2.05, 4.69) is 34.7 Å². The first kappa shape index (κ1) is 18.3. The molecule has 1 unspecified atom stereocenters. The highest BCUT2D eigenvalue weighted by molar-refractivity contribution is 5.83. The normalized spacial score (nSPS) is 17.2. The van der Waals surface area contributed by atoms with Crippen LogP contribution in [0.1, 0.15) is 32.4 Å². The first-order valence-corrected chi connectivity index (χ1v) is 8.59. The number of likely N-dealkylation sites (tertiary alicyclic amines) is 1. The smallest absolute Gasteiger partial charge is 0.315 e. The molecule has 0 bridgehead atoms. The quantitative estimate of drug-likeness (QED) is 0.701. The van der Waals surface area contributed by atoms with Gasteiger partial charge in [0.1, 0.15) is 5.76 Å². The van der Waals surface area contributed by atoms with Gasteiger partial charge in [0, 0.05) is 12.6 Å². The van der Waals surface area contributed by atoms with E-state index in [9.17, 15) is 9.59 Å². The fourth-order valence-corrected chi connectivity index (χ4v) is 2.72. The van der Waals surface area contributed by atoms with E-state index in [1.54, 1.807) is 18.4 Å². The van der Waals surface area contributed by atoms with E-state index in [-0.39, 0.29) is 18.5 Å². The molecule has 1 aliphatic rings. The number of carbonyl (C=O) groups excluding carboxylic acids is 2. The molecule has 3 N–H and O–H groups in total. The Hall–Kier alpha value is -2.02. The summed E-state index contributed by atoms with van der Waals surface area (Å²) in [6, 6.07) is 3.52. The Morgan fingerprint density at radius 2 is 2.04 bits per heavy atom. The molecule has 1 aliphatic heterocycles. The maximum absolute atomic E-state index is 11.8. The molecule has 134 valence electrons. The highest BCUT2D eigenvalue weighted by atomic mass is 16.3. The first-order valence-electron chi connectivity index (χ1n) is 8.59. The van der Waals surface area contributed by atoms with E-state index < -0.39 is 0 Å². The monoisotopic (exact) mass is 336 g/mol. The Labute approximate surface area is 143 Å². The van der Waals surface area contributed by atoms with E-state index in [0.29, 0.717) is 24.9 Å². The maximum atomic E-state index is 11.8. The zero-order chi connectivity index (χ0) is 17.4. The lowest BCUT2D eigenvalue weighted by molar-refractivity contribution is -0.120. The SMILES string of the molecule is CC1CCN(C(C)CNC(=O)NCC(=O)NCc2ccco2)CC1. The van der Waals surface area contributed by atoms with Gasteiger partial charge >= 0.3 is 6.03 Å². The van der Waals surface area contributed by atoms with Crippen molar-refractivity contribution >= 4 is 11.9 Å². The molecule has 7 heteroatoms. The molecule has 1 fully saturated rings. The van der Waals surface area contributed by atoms with Crippen LogP contribution in [0.25, 0.3) is 0 Å². The lowest BCUT2D eigenvalue weighted by Crippen LogP contribution is -2.48. The van der Waals surface area contributed by atoms with Gasteiger partial charge in [-0.25, -0.2) is 4.79 Å². The molecule has 0 aromatic carbocycles. The number of nitrogens with zero attached hydrogens (tertiary/aromatic N) is 1. The van der Waals surface area contributed by atoms with Gasteiger partial charge in [0.25, 0.3) is 0 Å². The summed E-state index contributed by atoms with van der Waals surface area (Å²) in [6.45, 7) is 7.41. The van der Waals surface area contributed by atoms with Crippen LogP contribution in [0.2, 0.25) is 0 Å². The molecule has 1 saturated heterocycles. The van der Waals surface area contributed by atoms with Crippen molar-refractivity contribution in [3.05, 3.63) is 24.2 Å². The number of hydrogen-bond acceptors (Lipinski definition) is 4. The summed E-state index contributed by atoms with van der Waals surface area (Å²) in [7, 11) is 0. The average Bonchev–Trinajstić information content (AvgIpc) is 3.10. The Morgan fingerprint density at radius 3 is 2.71 bits per heavy atom. The van der Waals surface area contributed by atoms with Crippen molar-refractivity contribution in [1.82, 2.24) is 20.9 Å². The number of amides is 3. The Kier molecular flexibility index (Phi) is 7.11. The molecule has 7 nitrogen and oxygen atoms in total. The zero-order valence-electron chi connectivity index (χ0n) is 14.5. The van der Waals surface area contributed by atoms with E-state index in [1.807, 2.05) is 0 Å². The minimum absolute atomic E-state index is 0.0534. The fourth-order valence-electron chi connectivity index (χ4n) is 2.72. The Morgan fingerprint density at radius 1 is 1.29 bits per heavy atom. The van der Waals surface area contributed by atoms with Gasteiger partial charge in [-0.05, 0) is 50.9 Å². The highest BCUT2D eigenvalue weighted by Crippen LogP contribution is 2.17. The van der Waals surface area contributed by atoms with Crippen molar-refractivity contribution in [2.75, 3.05) is 26.2 Å². The van der Waals surface area contributed by atoms with Gasteiger partial charge in [-0.3, -0.25) is 9.69 Å². The largest absolute Gasteiger partial charge is 0.467 e. The lowest BCUT2D eigenvalue weighted by atomic mass is 9.98. The summed E-state index contributed by atoms with van der Waals surface area (Å²) in [6.07, 6.45) is 3.98. The van der Waals surface area contributed by atoms with Crippen LogP contribution in [0.15, 0.2) is 22.8 Å². The molecule has 0 aliphatic carbocycles. The Balaban J connectivity index is 1.56. The minimum atomic E-state index is -0.319. The van der Waals surface area contributed by atoms with Crippen molar-refractivity contribution in [1.29, 1.82) is 0 Å². The van der Waals surface area contributed by atoms with Crippen LogP contribution in [0.5, 0.6) is 0 Å². The molecule has 2 heterocycles. The lowest BCUT2D eigenvalue weighted by Gasteiger charge is -2.34. The standard InChI is InChI=1S/C17H28N4O3/c1-13-5-7-21(8-6-13)14(2)10-19-17(23)20-12-16(22)18-11-15-4-3-9-24-15/h3-4,9,13-14H,5-8,10-12H2,1-2H3,(H,18,22)(H2,19,20,23). The van der Waals surface area contributed by atoms with Gasteiger partial charge in [-0.1, -0.05) is 6.92 Å². The van der Waals surface area contributed by atoms with E-state index in [0.717, 1.165) is 19.0 Å². The summed E-state index contributed by atoms with van der Waals surface area (Å²) in [5.74, 6) is 1.22. The molecular weight excluding hydrogens is 308 g/mol. The van der Waals surface area contributed by atoms with Gasteiger partial charge in [0.05, 0.1) is 19.4 Å². The van der Waals surface area contributed by atoms with Crippen LogP contribution in [-0.4, -0.2) is 49.1 Å². The van der Waals surface area contributed by atoms with Crippen molar-refractivity contribution in [2.45, 2.75) is 39.3 Å². The van der Waals surface area contributed by atoms with Crippen LogP contribution in [0.3, 0.4) is 0 Å². The average molecular weight is 336 g/mol. The number of carbonyl (C=O) groups is 2. The summed E-state index contributed by atoms with van der Waals surface area (Å²) < 4.78 is 5.12. The third kappa shape index (κ3) is 6.23. The number of hydrogen-bond donors (Lipinski definition) is 3. The fraction of sp³-hybridized carbons (Fsp3) is 0.647. The number of urea groups is 1. The van der Waals surface area contributed by atoms with Gasteiger partial charge in [-0.2, -0.15) is 0 Å². The summed E-state index contributed by atoms with van der Waals surface area (Å²) in [5.41, 5.74) is 0. The van der Waals surface area contributed by atoms with Crippen LogP contribution in [0.4, 0.5) is 4.79 Å². The second kappa shape index (κ2) is 9.32. The van der Waals surface area contributed by atoms with Gasteiger partial charge in [0.15, 0.2) is 0 Å². The van der Waals surface area contributed by atoms with E-state index >= 15 is 0 Å². The molecule has 24 heavy (non-hydrogen) atoms. The van der Waals surface area contributed by atoms with Gasteiger partial charge in [-0.15, -0.1) is 0 Å². The molecular formula is C17H28N4O3. The molecule has 0 saturated carbocycles. The van der Waals surface area contributed by atoms with Gasteiger partial charge < -0.3 is 20.4 Å². The topological polar surface area (TPSA) is 86.6 Å². The highest BCUT2D eigenvalue weighted by Gasteiger charge is 2.20. The van der Waals surface area contributed by atoms with Crippen LogP contribution in [-0.2, 0) is 11.3 Å². The predicted octanol–water partition coefficient (Wildman–Crippen LogP) is 1.32. The van der Waals surface area contributed by atoms with Crippen molar-refractivity contribution < 1.29 is 14.0 Å². The zero-order valence-corrected chi connectivity index (χ0v) is 14.5. The molecule has 0 radical (unpaired) electrons. The van der Waals surface area contributed by atoms with Crippen LogP contribution >= 0.6 is 0 Å².